The van der Waals surface area contributed by atoms with Gasteiger partial charge in [-0.1, -0.05) is 23.2 Å². The lowest BCUT2D eigenvalue weighted by atomic mass is 10.3. The summed E-state index contributed by atoms with van der Waals surface area (Å²) in [4.78, 5) is 4.06. The van der Waals surface area contributed by atoms with Crippen molar-refractivity contribution in [2.24, 2.45) is 0 Å². The van der Waals surface area contributed by atoms with E-state index in [0.29, 0.717) is 42.2 Å². The molecule has 0 aromatic carbocycles. The van der Waals surface area contributed by atoms with Crippen molar-refractivity contribution >= 4 is 34.8 Å². The SMILES string of the molecule is Nc1nc(NCC2COCCO2)c(Cl)cc1Cl. The van der Waals surface area contributed by atoms with E-state index in [1.807, 2.05) is 0 Å². The molecule has 2 rings (SSSR count). The Morgan fingerprint density at radius 1 is 1.41 bits per heavy atom. The van der Waals surface area contributed by atoms with Gasteiger partial charge in [0.1, 0.15) is 11.6 Å². The van der Waals surface area contributed by atoms with Gasteiger partial charge in [0, 0.05) is 6.54 Å². The van der Waals surface area contributed by atoms with E-state index in [2.05, 4.69) is 10.3 Å². The summed E-state index contributed by atoms with van der Waals surface area (Å²) in [6, 6.07) is 1.56. The number of rotatable bonds is 3. The standard InChI is InChI=1S/C10H13Cl2N3O2/c11-7-3-8(12)10(15-9(7)13)14-4-6-5-16-1-2-17-6/h3,6H,1-2,4-5H2,(H3,13,14,15). The van der Waals surface area contributed by atoms with Crippen LogP contribution in [0, 0.1) is 0 Å². The Bertz CT molecular complexity index is 397. The van der Waals surface area contributed by atoms with Crippen LogP contribution in [0.3, 0.4) is 0 Å². The normalized spacial score (nSPS) is 20.2. The van der Waals surface area contributed by atoms with Gasteiger partial charge in [0.2, 0.25) is 0 Å². The number of anilines is 2. The van der Waals surface area contributed by atoms with Gasteiger partial charge in [-0.3, -0.25) is 0 Å². The Kier molecular flexibility index (Phi) is 4.28. The van der Waals surface area contributed by atoms with Crippen molar-refractivity contribution in [1.82, 2.24) is 4.98 Å². The van der Waals surface area contributed by atoms with E-state index >= 15 is 0 Å². The molecule has 1 unspecified atom stereocenters. The fraction of sp³-hybridized carbons (Fsp3) is 0.500. The lowest BCUT2D eigenvalue weighted by Crippen LogP contribution is -2.34. The predicted molar refractivity (Wildman–Crippen MR) is 67.7 cm³/mol. The molecule has 1 aromatic rings. The van der Waals surface area contributed by atoms with Crippen molar-refractivity contribution in [3.05, 3.63) is 16.1 Å². The number of nitrogen functional groups attached to an aromatic ring is 1. The Hall–Kier alpha value is -0.750. The molecule has 0 saturated carbocycles. The molecule has 2 heterocycles. The van der Waals surface area contributed by atoms with Gasteiger partial charge >= 0.3 is 0 Å². The Morgan fingerprint density at radius 3 is 2.94 bits per heavy atom. The minimum Gasteiger partial charge on any atom is -0.382 e. The lowest BCUT2D eigenvalue weighted by Gasteiger charge is -2.23. The zero-order chi connectivity index (χ0) is 12.3. The van der Waals surface area contributed by atoms with Crippen LogP contribution in [-0.2, 0) is 9.47 Å². The molecule has 5 nitrogen and oxygen atoms in total. The summed E-state index contributed by atoms with van der Waals surface area (Å²) in [5, 5.41) is 3.84. The number of ether oxygens (including phenoxy) is 2. The van der Waals surface area contributed by atoms with Crippen molar-refractivity contribution in [2.75, 3.05) is 37.4 Å². The third-order valence-electron chi connectivity index (χ3n) is 2.34. The Labute approximate surface area is 109 Å². The first-order valence-corrected chi connectivity index (χ1v) is 5.97. The quantitative estimate of drug-likeness (QED) is 0.882. The molecule has 17 heavy (non-hydrogen) atoms. The molecular formula is C10H13Cl2N3O2. The molecule has 1 fully saturated rings. The highest BCUT2D eigenvalue weighted by Gasteiger charge is 2.15. The minimum atomic E-state index is -0.00137. The summed E-state index contributed by atoms with van der Waals surface area (Å²) in [5.74, 6) is 0.752. The predicted octanol–water partition coefficient (Wildman–Crippen LogP) is 1.80. The topological polar surface area (TPSA) is 69.4 Å². The highest BCUT2D eigenvalue weighted by atomic mass is 35.5. The first-order valence-electron chi connectivity index (χ1n) is 5.21. The molecule has 7 heteroatoms. The molecule has 0 aliphatic carbocycles. The average molecular weight is 278 g/mol. The highest BCUT2D eigenvalue weighted by Crippen LogP contribution is 2.27. The maximum absolute atomic E-state index is 5.98. The molecule has 3 N–H and O–H groups in total. The van der Waals surface area contributed by atoms with Gasteiger partial charge in [0.15, 0.2) is 0 Å². The van der Waals surface area contributed by atoms with Crippen LogP contribution in [0.25, 0.3) is 0 Å². The van der Waals surface area contributed by atoms with Crippen molar-refractivity contribution in [3.8, 4) is 0 Å². The highest BCUT2D eigenvalue weighted by molar-refractivity contribution is 6.37. The van der Waals surface area contributed by atoms with Gasteiger partial charge in [0.25, 0.3) is 0 Å². The second-order valence-corrected chi connectivity index (χ2v) is 4.45. The van der Waals surface area contributed by atoms with Crippen molar-refractivity contribution in [1.29, 1.82) is 0 Å². The fourth-order valence-corrected chi connectivity index (χ4v) is 1.90. The summed E-state index contributed by atoms with van der Waals surface area (Å²) >= 11 is 11.8. The van der Waals surface area contributed by atoms with E-state index in [1.165, 1.54) is 0 Å². The van der Waals surface area contributed by atoms with Crippen molar-refractivity contribution in [3.63, 3.8) is 0 Å². The van der Waals surface area contributed by atoms with Crippen LogP contribution in [0.1, 0.15) is 0 Å². The molecule has 1 aromatic heterocycles. The van der Waals surface area contributed by atoms with E-state index in [4.69, 9.17) is 38.4 Å². The number of pyridine rings is 1. The van der Waals surface area contributed by atoms with E-state index in [1.54, 1.807) is 6.07 Å². The Balaban J connectivity index is 1.96. The zero-order valence-electron chi connectivity index (χ0n) is 9.08. The summed E-state index contributed by atoms with van der Waals surface area (Å²) in [6.45, 7) is 2.38. The lowest BCUT2D eigenvalue weighted by molar-refractivity contribution is -0.0819. The largest absolute Gasteiger partial charge is 0.382 e. The summed E-state index contributed by atoms with van der Waals surface area (Å²) < 4.78 is 10.8. The summed E-state index contributed by atoms with van der Waals surface area (Å²) in [5.41, 5.74) is 5.60. The molecule has 0 radical (unpaired) electrons. The number of hydrogen-bond acceptors (Lipinski definition) is 5. The molecule has 94 valence electrons. The van der Waals surface area contributed by atoms with Crippen LogP contribution < -0.4 is 11.1 Å². The van der Waals surface area contributed by atoms with Crippen LogP contribution in [0.15, 0.2) is 6.07 Å². The van der Waals surface area contributed by atoms with E-state index in [9.17, 15) is 0 Å². The van der Waals surface area contributed by atoms with Crippen LogP contribution in [0.5, 0.6) is 0 Å². The van der Waals surface area contributed by atoms with Gasteiger partial charge in [0.05, 0.1) is 36.0 Å². The minimum absolute atomic E-state index is 0.00137. The third-order valence-corrected chi connectivity index (χ3v) is 2.93. The monoisotopic (exact) mass is 277 g/mol. The number of hydrogen-bond donors (Lipinski definition) is 2. The third kappa shape index (κ3) is 3.35. The number of nitrogens with zero attached hydrogens (tertiary/aromatic N) is 1. The number of halogens is 2. The summed E-state index contributed by atoms with van der Waals surface area (Å²) in [7, 11) is 0. The molecule has 0 bridgehead atoms. The van der Waals surface area contributed by atoms with Crippen molar-refractivity contribution < 1.29 is 9.47 Å². The van der Waals surface area contributed by atoms with E-state index in [0.717, 1.165) is 0 Å². The first kappa shape index (κ1) is 12.7. The maximum atomic E-state index is 5.98. The maximum Gasteiger partial charge on any atom is 0.147 e. The van der Waals surface area contributed by atoms with E-state index in [-0.39, 0.29) is 11.9 Å². The molecule has 1 aliphatic rings. The van der Waals surface area contributed by atoms with Gasteiger partial charge in [-0.2, -0.15) is 0 Å². The first-order chi connectivity index (χ1) is 8.16. The molecule has 0 spiro atoms. The molecule has 1 atom stereocenters. The summed E-state index contributed by atoms with van der Waals surface area (Å²) in [6.07, 6.45) is -0.00137. The van der Waals surface area contributed by atoms with Crippen LogP contribution >= 0.6 is 23.2 Å². The van der Waals surface area contributed by atoms with Gasteiger partial charge in [-0.25, -0.2) is 4.98 Å². The van der Waals surface area contributed by atoms with Gasteiger partial charge < -0.3 is 20.5 Å². The second-order valence-electron chi connectivity index (χ2n) is 3.63. The number of nitrogens with two attached hydrogens (primary N) is 1. The number of aromatic nitrogens is 1. The van der Waals surface area contributed by atoms with Gasteiger partial charge in [-0.05, 0) is 6.07 Å². The molecule has 0 amide bonds. The van der Waals surface area contributed by atoms with Crippen LogP contribution in [-0.4, -0.2) is 37.5 Å². The molecule has 1 aliphatic heterocycles. The van der Waals surface area contributed by atoms with Gasteiger partial charge in [-0.15, -0.1) is 0 Å². The van der Waals surface area contributed by atoms with Crippen molar-refractivity contribution in [2.45, 2.75) is 6.10 Å². The van der Waals surface area contributed by atoms with Crippen LogP contribution in [0.4, 0.5) is 11.6 Å². The molecule has 1 saturated heterocycles. The zero-order valence-corrected chi connectivity index (χ0v) is 10.6. The smallest absolute Gasteiger partial charge is 0.147 e. The van der Waals surface area contributed by atoms with Crippen LogP contribution in [0.2, 0.25) is 10.0 Å². The van der Waals surface area contributed by atoms with E-state index < -0.39 is 0 Å². The fourth-order valence-electron chi connectivity index (χ4n) is 1.47. The number of nitrogens with one attached hydrogen (secondary N) is 1. The second kappa shape index (κ2) is 5.73. The Morgan fingerprint density at radius 2 is 2.24 bits per heavy atom. The average Bonchev–Trinajstić information content (AvgIpc) is 2.33. The molecular weight excluding hydrogens is 265 g/mol.